The Bertz CT molecular complexity index is 1010. The SMILES string of the molecule is COc1ccc(C2C3=C(CC(C)(C)CC3=O)Nc3ccccc3N2C(C)=O)cc1. The first-order chi connectivity index (χ1) is 13.8. The van der Waals surface area contributed by atoms with Gasteiger partial charge in [0.25, 0.3) is 0 Å². The molecule has 150 valence electrons. The number of allylic oxidation sites excluding steroid dienone is 1. The molecule has 0 saturated carbocycles. The van der Waals surface area contributed by atoms with E-state index in [1.54, 1.807) is 18.9 Å². The van der Waals surface area contributed by atoms with E-state index in [-0.39, 0.29) is 17.1 Å². The number of benzene rings is 2. The summed E-state index contributed by atoms with van der Waals surface area (Å²) in [6.45, 7) is 5.77. The maximum atomic E-state index is 13.4. The summed E-state index contributed by atoms with van der Waals surface area (Å²) in [5.41, 5.74) is 3.97. The maximum absolute atomic E-state index is 13.4. The average Bonchev–Trinajstić information content (AvgIpc) is 2.81. The summed E-state index contributed by atoms with van der Waals surface area (Å²) >= 11 is 0. The van der Waals surface area contributed by atoms with Gasteiger partial charge in [-0.15, -0.1) is 0 Å². The third-order valence-electron chi connectivity index (χ3n) is 5.67. The van der Waals surface area contributed by atoms with E-state index in [1.807, 2.05) is 48.5 Å². The monoisotopic (exact) mass is 390 g/mol. The van der Waals surface area contributed by atoms with E-state index in [9.17, 15) is 9.59 Å². The predicted molar refractivity (Wildman–Crippen MR) is 114 cm³/mol. The largest absolute Gasteiger partial charge is 0.497 e. The average molecular weight is 390 g/mol. The third kappa shape index (κ3) is 3.41. The Hall–Kier alpha value is -3.08. The second-order valence-corrected chi connectivity index (χ2v) is 8.54. The highest BCUT2D eigenvalue weighted by Crippen LogP contribution is 2.48. The molecule has 1 aliphatic heterocycles. The van der Waals surface area contributed by atoms with Crippen LogP contribution in [-0.2, 0) is 9.59 Å². The highest BCUT2D eigenvalue weighted by atomic mass is 16.5. The summed E-state index contributed by atoms with van der Waals surface area (Å²) in [6.07, 6.45) is 1.21. The van der Waals surface area contributed by atoms with Crippen LogP contribution < -0.4 is 15.0 Å². The van der Waals surface area contributed by atoms with Gasteiger partial charge in [-0.25, -0.2) is 0 Å². The molecule has 5 heteroatoms. The molecule has 0 fully saturated rings. The number of nitrogens with one attached hydrogen (secondary N) is 1. The number of hydrogen-bond donors (Lipinski definition) is 1. The predicted octanol–water partition coefficient (Wildman–Crippen LogP) is 4.86. The first-order valence-electron chi connectivity index (χ1n) is 9.87. The zero-order valence-electron chi connectivity index (χ0n) is 17.3. The number of nitrogens with zero attached hydrogens (tertiary/aromatic N) is 1. The Balaban J connectivity index is 1.98. The molecular weight excluding hydrogens is 364 g/mol. The lowest BCUT2D eigenvalue weighted by Crippen LogP contribution is -2.38. The molecule has 5 nitrogen and oxygen atoms in total. The van der Waals surface area contributed by atoms with Crippen LogP contribution in [0.5, 0.6) is 5.75 Å². The van der Waals surface area contributed by atoms with Crippen molar-refractivity contribution in [1.29, 1.82) is 0 Å². The van der Waals surface area contributed by atoms with Crippen molar-refractivity contribution in [2.75, 3.05) is 17.3 Å². The number of anilines is 2. The maximum Gasteiger partial charge on any atom is 0.224 e. The van der Waals surface area contributed by atoms with Gasteiger partial charge in [-0.1, -0.05) is 38.1 Å². The Morgan fingerprint density at radius 3 is 2.45 bits per heavy atom. The molecule has 29 heavy (non-hydrogen) atoms. The number of ether oxygens (including phenoxy) is 1. The number of methoxy groups -OCH3 is 1. The van der Waals surface area contributed by atoms with E-state index in [0.29, 0.717) is 12.0 Å². The van der Waals surface area contributed by atoms with Crippen LogP contribution in [0.25, 0.3) is 0 Å². The van der Waals surface area contributed by atoms with E-state index >= 15 is 0 Å². The summed E-state index contributed by atoms with van der Waals surface area (Å²) < 4.78 is 5.29. The summed E-state index contributed by atoms with van der Waals surface area (Å²) in [7, 11) is 1.62. The van der Waals surface area contributed by atoms with Crippen LogP contribution in [-0.4, -0.2) is 18.8 Å². The molecule has 1 aliphatic carbocycles. The zero-order valence-corrected chi connectivity index (χ0v) is 17.3. The van der Waals surface area contributed by atoms with Crippen molar-refractivity contribution in [2.45, 2.75) is 39.7 Å². The van der Waals surface area contributed by atoms with Gasteiger partial charge in [0.1, 0.15) is 5.75 Å². The van der Waals surface area contributed by atoms with Crippen LogP contribution >= 0.6 is 0 Å². The molecule has 2 aromatic carbocycles. The van der Waals surface area contributed by atoms with Crippen LogP contribution in [0.15, 0.2) is 59.8 Å². The van der Waals surface area contributed by atoms with Crippen molar-refractivity contribution in [1.82, 2.24) is 0 Å². The van der Waals surface area contributed by atoms with E-state index < -0.39 is 6.04 Å². The van der Waals surface area contributed by atoms with Gasteiger partial charge in [-0.3, -0.25) is 14.5 Å². The fourth-order valence-corrected chi connectivity index (χ4v) is 4.44. The normalized spacial score (nSPS) is 20.3. The van der Waals surface area contributed by atoms with Gasteiger partial charge in [0.15, 0.2) is 5.78 Å². The van der Waals surface area contributed by atoms with E-state index in [0.717, 1.165) is 34.8 Å². The fourth-order valence-electron chi connectivity index (χ4n) is 4.44. The highest BCUT2D eigenvalue weighted by Gasteiger charge is 2.42. The van der Waals surface area contributed by atoms with Crippen molar-refractivity contribution < 1.29 is 14.3 Å². The van der Waals surface area contributed by atoms with Gasteiger partial charge in [0, 0.05) is 24.6 Å². The van der Waals surface area contributed by atoms with Crippen LogP contribution in [0.2, 0.25) is 0 Å². The lowest BCUT2D eigenvalue weighted by Gasteiger charge is -2.36. The molecule has 1 amide bonds. The summed E-state index contributed by atoms with van der Waals surface area (Å²) in [6, 6.07) is 14.9. The molecular formula is C24H26N2O3. The first-order valence-corrected chi connectivity index (χ1v) is 9.87. The molecule has 2 aliphatic rings. The molecule has 1 heterocycles. The van der Waals surface area contributed by atoms with Gasteiger partial charge >= 0.3 is 0 Å². The van der Waals surface area contributed by atoms with Gasteiger partial charge in [0.2, 0.25) is 5.91 Å². The summed E-state index contributed by atoms with van der Waals surface area (Å²) in [4.78, 5) is 28.0. The van der Waals surface area contributed by atoms with E-state index in [2.05, 4.69) is 19.2 Å². The second kappa shape index (κ2) is 7.07. The summed E-state index contributed by atoms with van der Waals surface area (Å²) in [5.74, 6) is 0.718. The van der Waals surface area contributed by atoms with Crippen LogP contribution in [0.1, 0.15) is 45.2 Å². The topological polar surface area (TPSA) is 58.6 Å². The van der Waals surface area contributed by atoms with E-state index in [4.69, 9.17) is 4.74 Å². The Labute approximate surface area is 171 Å². The molecule has 1 unspecified atom stereocenters. The standard InChI is InChI=1S/C24H26N2O3/c1-15(27)26-20-8-6-5-7-18(20)25-19-13-24(2,3)14-21(28)22(19)23(26)16-9-11-17(29-4)12-10-16/h5-12,23,25H,13-14H2,1-4H3. The molecule has 2 aromatic rings. The third-order valence-corrected chi connectivity index (χ3v) is 5.67. The fraction of sp³-hybridized carbons (Fsp3) is 0.333. The Kier molecular flexibility index (Phi) is 4.69. The zero-order chi connectivity index (χ0) is 20.8. The number of rotatable bonds is 2. The molecule has 0 radical (unpaired) electrons. The number of ketones is 1. The van der Waals surface area contributed by atoms with Gasteiger partial charge in [-0.2, -0.15) is 0 Å². The smallest absolute Gasteiger partial charge is 0.224 e. The first kappa shape index (κ1) is 19.2. The quantitative estimate of drug-likeness (QED) is 0.796. The lowest BCUT2D eigenvalue weighted by molar-refractivity contribution is -0.118. The van der Waals surface area contributed by atoms with Gasteiger partial charge in [-0.05, 0) is 41.7 Å². The number of fused-ring (bicyclic) bond motifs is 1. The lowest BCUT2D eigenvalue weighted by atomic mass is 9.73. The van der Waals surface area contributed by atoms with Crippen molar-refractivity contribution in [3.63, 3.8) is 0 Å². The molecule has 0 aromatic heterocycles. The van der Waals surface area contributed by atoms with Crippen LogP contribution in [0, 0.1) is 5.41 Å². The second-order valence-electron chi connectivity index (χ2n) is 8.54. The van der Waals surface area contributed by atoms with Crippen LogP contribution in [0.3, 0.4) is 0 Å². The minimum absolute atomic E-state index is 0.0867. The molecule has 1 N–H and O–H groups in total. The van der Waals surface area contributed by atoms with Crippen molar-refractivity contribution in [3.05, 3.63) is 65.4 Å². The molecule has 0 spiro atoms. The molecule has 4 rings (SSSR count). The van der Waals surface area contributed by atoms with Crippen molar-refractivity contribution in [2.24, 2.45) is 5.41 Å². The van der Waals surface area contributed by atoms with Gasteiger partial charge < -0.3 is 10.1 Å². The minimum atomic E-state index is -0.479. The minimum Gasteiger partial charge on any atom is -0.497 e. The number of para-hydroxylation sites is 2. The van der Waals surface area contributed by atoms with Crippen molar-refractivity contribution in [3.8, 4) is 5.75 Å². The molecule has 0 bridgehead atoms. The molecule has 0 saturated heterocycles. The number of amides is 1. The van der Waals surface area contributed by atoms with Crippen molar-refractivity contribution >= 4 is 23.1 Å². The molecule has 1 atom stereocenters. The number of carbonyl (C=O) groups is 2. The summed E-state index contributed by atoms with van der Waals surface area (Å²) in [5, 5.41) is 3.49. The number of hydrogen-bond acceptors (Lipinski definition) is 4. The Morgan fingerprint density at radius 1 is 1.10 bits per heavy atom. The number of carbonyl (C=O) groups excluding carboxylic acids is 2. The number of Topliss-reactive ketones (excluding diaryl/α,β-unsaturated/α-hetero) is 1. The Morgan fingerprint density at radius 2 is 1.79 bits per heavy atom. The highest BCUT2D eigenvalue weighted by molar-refractivity contribution is 6.05. The van der Waals surface area contributed by atoms with Gasteiger partial charge in [0.05, 0.1) is 24.5 Å². The van der Waals surface area contributed by atoms with E-state index in [1.165, 1.54) is 0 Å². The van der Waals surface area contributed by atoms with Crippen LogP contribution in [0.4, 0.5) is 11.4 Å².